The lowest BCUT2D eigenvalue weighted by atomic mass is 10.2. The van der Waals surface area contributed by atoms with Crippen LogP contribution in [0.1, 0.15) is 5.69 Å². The summed E-state index contributed by atoms with van der Waals surface area (Å²) < 4.78 is 40.2. The summed E-state index contributed by atoms with van der Waals surface area (Å²) in [5, 5.41) is 0.227. The third-order valence-corrected chi connectivity index (χ3v) is 2.34. The average Bonchev–Trinajstić information content (AvgIpc) is 2.25. The van der Waals surface area contributed by atoms with E-state index in [1.165, 1.54) is 18.2 Å². The minimum Gasteiger partial charge on any atom is -0.406 e. The number of alkyl halides is 3. The van der Waals surface area contributed by atoms with Crippen molar-refractivity contribution in [3.05, 3.63) is 41.2 Å². The Kier molecular flexibility index (Phi) is 3.61. The standard InChI is InChI=1S/C12H8ClF3N2O/c1-7-5-10(13)18-11(17-7)8-3-2-4-9(6-8)19-12(14,15)16/h2-6H,1H3. The van der Waals surface area contributed by atoms with Crippen molar-refractivity contribution in [1.82, 2.24) is 9.97 Å². The second-order valence-corrected chi connectivity index (χ2v) is 4.12. The molecule has 0 radical (unpaired) electrons. The lowest BCUT2D eigenvalue weighted by Gasteiger charge is -2.09. The van der Waals surface area contributed by atoms with Gasteiger partial charge in [0.05, 0.1) is 0 Å². The molecular weight excluding hydrogens is 281 g/mol. The van der Waals surface area contributed by atoms with Crippen LogP contribution < -0.4 is 4.74 Å². The van der Waals surface area contributed by atoms with Gasteiger partial charge in [0.2, 0.25) is 0 Å². The molecule has 0 aliphatic rings. The maximum atomic E-state index is 12.1. The number of aryl methyl sites for hydroxylation is 1. The van der Waals surface area contributed by atoms with Crippen molar-refractivity contribution < 1.29 is 17.9 Å². The first-order valence-corrected chi connectivity index (χ1v) is 5.59. The fourth-order valence-corrected chi connectivity index (χ4v) is 1.73. The second-order valence-electron chi connectivity index (χ2n) is 3.73. The molecule has 1 aromatic carbocycles. The van der Waals surface area contributed by atoms with Crippen LogP contribution in [0.3, 0.4) is 0 Å². The Balaban J connectivity index is 2.37. The van der Waals surface area contributed by atoms with E-state index in [1.807, 2.05) is 0 Å². The average molecular weight is 289 g/mol. The molecule has 1 heterocycles. The Bertz CT molecular complexity index is 582. The van der Waals surface area contributed by atoms with Crippen LogP contribution in [0.15, 0.2) is 30.3 Å². The van der Waals surface area contributed by atoms with Crippen molar-refractivity contribution >= 4 is 11.6 Å². The van der Waals surface area contributed by atoms with Crippen LogP contribution >= 0.6 is 11.6 Å². The van der Waals surface area contributed by atoms with Gasteiger partial charge in [-0.3, -0.25) is 0 Å². The molecule has 19 heavy (non-hydrogen) atoms. The molecule has 0 bridgehead atoms. The van der Waals surface area contributed by atoms with Gasteiger partial charge in [-0.2, -0.15) is 0 Å². The van der Waals surface area contributed by atoms with Crippen LogP contribution in [0.2, 0.25) is 5.15 Å². The molecule has 1 aromatic heterocycles. The number of ether oxygens (including phenoxy) is 1. The molecule has 0 atom stereocenters. The first kappa shape index (κ1) is 13.6. The molecule has 0 amide bonds. The van der Waals surface area contributed by atoms with Crippen molar-refractivity contribution in [3.63, 3.8) is 0 Å². The van der Waals surface area contributed by atoms with Crippen LogP contribution in [0, 0.1) is 6.92 Å². The molecule has 3 nitrogen and oxygen atoms in total. The van der Waals surface area contributed by atoms with E-state index < -0.39 is 6.36 Å². The fourth-order valence-electron chi connectivity index (χ4n) is 1.49. The summed E-state index contributed by atoms with van der Waals surface area (Å²) in [6.07, 6.45) is -4.73. The maximum Gasteiger partial charge on any atom is 0.573 e. The number of rotatable bonds is 2. The Morgan fingerprint density at radius 1 is 1.16 bits per heavy atom. The quantitative estimate of drug-likeness (QED) is 0.783. The highest BCUT2D eigenvalue weighted by atomic mass is 35.5. The highest BCUT2D eigenvalue weighted by Crippen LogP contribution is 2.27. The van der Waals surface area contributed by atoms with Gasteiger partial charge in [-0.1, -0.05) is 23.7 Å². The number of nitrogens with zero attached hydrogens (tertiary/aromatic N) is 2. The zero-order valence-corrected chi connectivity index (χ0v) is 10.5. The third kappa shape index (κ3) is 3.82. The Morgan fingerprint density at radius 2 is 1.89 bits per heavy atom. The molecular formula is C12H8ClF3N2O. The van der Waals surface area contributed by atoms with E-state index in [2.05, 4.69) is 14.7 Å². The second kappa shape index (κ2) is 5.05. The van der Waals surface area contributed by atoms with Gasteiger partial charge in [-0.25, -0.2) is 9.97 Å². The van der Waals surface area contributed by atoms with E-state index >= 15 is 0 Å². The summed E-state index contributed by atoms with van der Waals surface area (Å²) in [5.74, 6) is -0.0798. The summed E-state index contributed by atoms with van der Waals surface area (Å²) in [6, 6.07) is 6.97. The van der Waals surface area contributed by atoms with Gasteiger partial charge in [0.15, 0.2) is 5.82 Å². The smallest absolute Gasteiger partial charge is 0.406 e. The van der Waals surface area contributed by atoms with Gasteiger partial charge in [0.1, 0.15) is 10.9 Å². The lowest BCUT2D eigenvalue weighted by molar-refractivity contribution is -0.274. The molecule has 0 aliphatic carbocycles. The monoisotopic (exact) mass is 288 g/mol. The highest BCUT2D eigenvalue weighted by molar-refractivity contribution is 6.29. The van der Waals surface area contributed by atoms with E-state index in [0.29, 0.717) is 11.3 Å². The molecule has 0 unspecified atom stereocenters. The number of hydrogen-bond donors (Lipinski definition) is 0. The number of benzene rings is 1. The summed E-state index contributed by atoms with van der Waals surface area (Å²) in [5.41, 5.74) is 1.02. The largest absolute Gasteiger partial charge is 0.573 e. The van der Waals surface area contributed by atoms with Crippen LogP contribution in [0.25, 0.3) is 11.4 Å². The van der Waals surface area contributed by atoms with Gasteiger partial charge >= 0.3 is 6.36 Å². The maximum absolute atomic E-state index is 12.1. The normalized spacial score (nSPS) is 11.4. The fraction of sp³-hybridized carbons (Fsp3) is 0.167. The van der Waals surface area contributed by atoms with Crippen molar-refractivity contribution in [2.24, 2.45) is 0 Å². The molecule has 2 aromatic rings. The van der Waals surface area contributed by atoms with E-state index in [-0.39, 0.29) is 16.7 Å². The summed E-state index contributed by atoms with van der Waals surface area (Å²) in [4.78, 5) is 8.07. The summed E-state index contributed by atoms with van der Waals surface area (Å²) in [7, 11) is 0. The molecule has 0 fully saturated rings. The molecule has 2 rings (SSSR count). The molecule has 0 saturated heterocycles. The third-order valence-electron chi connectivity index (χ3n) is 2.15. The Hall–Kier alpha value is -1.82. The van der Waals surface area contributed by atoms with Gasteiger partial charge in [-0.05, 0) is 25.1 Å². The van der Waals surface area contributed by atoms with E-state index in [0.717, 1.165) is 0 Å². The SMILES string of the molecule is Cc1cc(Cl)nc(-c2cccc(OC(F)(F)F)c2)n1. The number of halogens is 4. The predicted octanol–water partition coefficient (Wildman–Crippen LogP) is 4.00. The summed E-state index contributed by atoms with van der Waals surface area (Å²) >= 11 is 5.78. The van der Waals surface area contributed by atoms with Gasteiger partial charge < -0.3 is 4.74 Å². The lowest BCUT2D eigenvalue weighted by Crippen LogP contribution is -2.17. The minimum absolute atomic E-state index is 0.227. The molecule has 0 saturated carbocycles. The van der Waals surface area contributed by atoms with Crippen molar-refractivity contribution in [2.75, 3.05) is 0 Å². The van der Waals surface area contributed by atoms with Crippen molar-refractivity contribution in [3.8, 4) is 17.1 Å². The van der Waals surface area contributed by atoms with Crippen LogP contribution in [0.5, 0.6) is 5.75 Å². The Labute approximate surface area is 112 Å². The van der Waals surface area contributed by atoms with Gasteiger partial charge in [0, 0.05) is 11.3 Å². The van der Waals surface area contributed by atoms with Crippen LogP contribution in [0.4, 0.5) is 13.2 Å². The molecule has 0 N–H and O–H groups in total. The van der Waals surface area contributed by atoms with Gasteiger partial charge in [-0.15, -0.1) is 13.2 Å². The molecule has 7 heteroatoms. The Morgan fingerprint density at radius 3 is 2.53 bits per heavy atom. The summed E-state index contributed by atoms with van der Waals surface area (Å²) in [6.45, 7) is 1.72. The zero-order chi connectivity index (χ0) is 14.0. The van der Waals surface area contributed by atoms with Crippen LogP contribution in [-0.4, -0.2) is 16.3 Å². The highest BCUT2D eigenvalue weighted by Gasteiger charge is 2.31. The molecule has 100 valence electrons. The van der Waals surface area contributed by atoms with Crippen molar-refractivity contribution in [2.45, 2.75) is 13.3 Å². The van der Waals surface area contributed by atoms with E-state index in [4.69, 9.17) is 11.6 Å². The minimum atomic E-state index is -4.73. The number of hydrogen-bond acceptors (Lipinski definition) is 3. The van der Waals surface area contributed by atoms with Crippen molar-refractivity contribution in [1.29, 1.82) is 0 Å². The van der Waals surface area contributed by atoms with Gasteiger partial charge in [0.25, 0.3) is 0 Å². The zero-order valence-electron chi connectivity index (χ0n) is 9.70. The topological polar surface area (TPSA) is 35.0 Å². The van der Waals surface area contributed by atoms with E-state index in [9.17, 15) is 13.2 Å². The first-order valence-electron chi connectivity index (χ1n) is 5.21. The number of aromatic nitrogens is 2. The van der Waals surface area contributed by atoms with Crippen LogP contribution in [-0.2, 0) is 0 Å². The van der Waals surface area contributed by atoms with E-state index in [1.54, 1.807) is 19.1 Å². The predicted molar refractivity (Wildman–Crippen MR) is 63.9 cm³/mol. The molecule has 0 spiro atoms. The molecule has 0 aliphatic heterocycles. The first-order chi connectivity index (χ1) is 8.83.